The van der Waals surface area contributed by atoms with Crippen LogP contribution in [-0.2, 0) is 0 Å². The molecule has 5 heterocycles. The van der Waals surface area contributed by atoms with Crippen LogP contribution in [0.1, 0.15) is 12.6 Å². The van der Waals surface area contributed by atoms with E-state index in [1.54, 1.807) is 37.1 Å². The monoisotopic (exact) mass is 429 g/mol. The van der Waals surface area contributed by atoms with Gasteiger partial charge in [-0.05, 0) is 30.7 Å². The SMILES string of the molecule is C=c1c(-c2nc3c(-c4ccc(F)s4)cncc3[nH]2)n[nH]/c1=C/C=C(\C)c1cnccn1. The van der Waals surface area contributed by atoms with Crippen LogP contribution in [0.15, 0.2) is 49.2 Å². The van der Waals surface area contributed by atoms with E-state index in [1.165, 1.54) is 6.07 Å². The first-order chi connectivity index (χ1) is 15.1. The van der Waals surface area contributed by atoms with Gasteiger partial charge in [0.15, 0.2) is 11.0 Å². The van der Waals surface area contributed by atoms with Crippen molar-refractivity contribution in [1.29, 1.82) is 0 Å². The molecule has 5 rings (SSSR count). The molecule has 0 aliphatic carbocycles. The Bertz CT molecular complexity index is 1530. The lowest BCUT2D eigenvalue weighted by molar-refractivity contribution is 0.657. The molecule has 0 fully saturated rings. The first kappa shape index (κ1) is 19.0. The maximum Gasteiger partial charge on any atom is 0.176 e. The Morgan fingerprint density at radius 2 is 2.06 bits per heavy atom. The first-order valence-electron chi connectivity index (χ1n) is 9.38. The summed E-state index contributed by atoms with van der Waals surface area (Å²) in [7, 11) is 0. The summed E-state index contributed by atoms with van der Waals surface area (Å²) in [4.78, 5) is 21.3. The maximum atomic E-state index is 13.5. The van der Waals surface area contributed by atoms with Crippen LogP contribution in [0.5, 0.6) is 0 Å². The maximum absolute atomic E-state index is 13.5. The molecule has 7 nitrogen and oxygen atoms in total. The molecular weight excluding hydrogens is 413 g/mol. The van der Waals surface area contributed by atoms with Gasteiger partial charge in [-0.15, -0.1) is 11.3 Å². The van der Waals surface area contributed by atoms with Gasteiger partial charge in [-0.2, -0.15) is 9.49 Å². The lowest BCUT2D eigenvalue weighted by Gasteiger charge is -1.96. The van der Waals surface area contributed by atoms with E-state index in [0.29, 0.717) is 22.3 Å². The van der Waals surface area contributed by atoms with E-state index in [4.69, 9.17) is 4.98 Å². The highest BCUT2D eigenvalue weighted by Crippen LogP contribution is 2.32. The Kier molecular flexibility index (Phi) is 4.72. The summed E-state index contributed by atoms with van der Waals surface area (Å²) < 4.78 is 13.5. The first-order valence-corrected chi connectivity index (χ1v) is 10.2. The second-order valence-electron chi connectivity index (χ2n) is 6.84. The van der Waals surface area contributed by atoms with Gasteiger partial charge in [-0.25, -0.2) is 4.98 Å². The normalized spacial score (nSPS) is 12.7. The molecule has 0 spiro atoms. The number of allylic oxidation sites excluding steroid dienone is 2. The number of hydrogen-bond acceptors (Lipinski definition) is 6. The third-order valence-corrected chi connectivity index (χ3v) is 5.73. The predicted molar refractivity (Wildman–Crippen MR) is 120 cm³/mol. The number of nitrogens with zero attached hydrogens (tertiary/aromatic N) is 5. The quantitative estimate of drug-likeness (QED) is 0.457. The summed E-state index contributed by atoms with van der Waals surface area (Å²) in [5.74, 6) is 0.566. The standard InChI is InChI=1S/C22H16FN7S/c1-12(16-10-24-7-8-26-16)3-4-15-13(2)20(30-29-15)22-27-17-11-25-9-14(21(17)28-22)18-5-6-19(23)31-18/h3-11,29H,2H2,1H3,(H,27,28)/b12-3+,15-4+. The molecule has 152 valence electrons. The number of nitrogens with one attached hydrogen (secondary N) is 2. The highest BCUT2D eigenvalue weighted by molar-refractivity contribution is 7.14. The van der Waals surface area contributed by atoms with E-state index >= 15 is 0 Å². The number of hydrogen-bond donors (Lipinski definition) is 2. The van der Waals surface area contributed by atoms with Gasteiger partial charge in [0, 0.05) is 34.2 Å². The fraction of sp³-hybridized carbons (Fsp3) is 0.0455. The molecule has 0 saturated heterocycles. The summed E-state index contributed by atoms with van der Waals surface area (Å²) in [6.45, 7) is 6.12. The van der Waals surface area contributed by atoms with E-state index < -0.39 is 0 Å². The zero-order chi connectivity index (χ0) is 21.4. The average Bonchev–Trinajstić information content (AvgIpc) is 3.50. The Morgan fingerprint density at radius 3 is 2.84 bits per heavy atom. The molecule has 0 atom stereocenters. The number of fused-ring (bicyclic) bond motifs is 1. The molecule has 0 radical (unpaired) electrons. The predicted octanol–water partition coefficient (Wildman–Crippen LogP) is 3.30. The molecule has 5 aromatic heterocycles. The van der Waals surface area contributed by atoms with E-state index in [0.717, 1.165) is 43.9 Å². The Labute approximate surface area is 179 Å². The van der Waals surface area contributed by atoms with Gasteiger partial charge in [-0.3, -0.25) is 20.1 Å². The number of aromatic nitrogens is 7. The molecule has 9 heteroatoms. The van der Waals surface area contributed by atoms with Crippen molar-refractivity contribution in [2.24, 2.45) is 0 Å². The van der Waals surface area contributed by atoms with Crippen LogP contribution in [0.2, 0.25) is 0 Å². The number of pyridine rings is 1. The highest BCUT2D eigenvalue weighted by atomic mass is 32.1. The summed E-state index contributed by atoms with van der Waals surface area (Å²) in [5, 5.41) is 8.61. The smallest absolute Gasteiger partial charge is 0.176 e. The Balaban J connectivity index is 1.55. The van der Waals surface area contributed by atoms with Crippen molar-refractivity contribution >= 4 is 40.6 Å². The zero-order valence-electron chi connectivity index (χ0n) is 16.4. The number of halogens is 1. The van der Waals surface area contributed by atoms with Crippen molar-refractivity contribution in [2.75, 3.05) is 0 Å². The van der Waals surface area contributed by atoms with Crippen LogP contribution < -0.4 is 10.6 Å². The van der Waals surface area contributed by atoms with Gasteiger partial charge in [0.05, 0.1) is 29.0 Å². The van der Waals surface area contributed by atoms with E-state index in [1.807, 2.05) is 19.1 Å². The van der Waals surface area contributed by atoms with Crippen LogP contribution in [0.25, 0.3) is 51.2 Å². The third kappa shape index (κ3) is 3.55. The fourth-order valence-corrected chi connectivity index (χ4v) is 3.93. The van der Waals surface area contributed by atoms with Gasteiger partial charge < -0.3 is 4.98 Å². The fourth-order valence-electron chi connectivity index (χ4n) is 3.19. The van der Waals surface area contributed by atoms with Crippen molar-refractivity contribution < 1.29 is 4.39 Å². The highest BCUT2D eigenvalue weighted by Gasteiger charge is 2.14. The molecule has 0 aromatic carbocycles. The van der Waals surface area contributed by atoms with Crippen LogP contribution in [-0.4, -0.2) is 35.1 Å². The molecule has 2 N–H and O–H groups in total. The van der Waals surface area contributed by atoms with Crippen LogP contribution in [0.4, 0.5) is 4.39 Å². The largest absolute Gasteiger partial charge is 0.335 e. The second-order valence-corrected chi connectivity index (χ2v) is 7.88. The van der Waals surface area contributed by atoms with Gasteiger partial charge in [0.25, 0.3) is 0 Å². The van der Waals surface area contributed by atoms with Crippen molar-refractivity contribution in [3.05, 3.63) is 70.6 Å². The lowest BCUT2D eigenvalue weighted by Crippen LogP contribution is -2.21. The molecule has 0 amide bonds. The van der Waals surface area contributed by atoms with Crippen molar-refractivity contribution in [2.45, 2.75) is 6.92 Å². The summed E-state index contributed by atoms with van der Waals surface area (Å²) in [5.41, 5.74) is 4.59. The Morgan fingerprint density at radius 1 is 1.16 bits per heavy atom. The molecular formula is C22H16FN7S. The van der Waals surface area contributed by atoms with Crippen LogP contribution >= 0.6 is 11.3 Å². The van der Waals surface area contributed by atoms with Crippen LogP contribution in [0.3, 0.4) is 0 Å². The van der Waals surface area contributed by atoms with Crippen molar-refractivity contribution in [3.63, 3.8) is 0 Å². The van der Waals surface area contributed by atoms with Gasteiger partial charge >= 0.3 is 0 Å². The number of aromatic amines is 2. The molecule has 31 heavy (non-hydrogen) atoms. The summed E-state index contributed by atoms with van der Waals surface area (Å²) in [6.07, 6.45) is 12.2. The topological polar surface area (TPSA) is 96.0 Å². The van der Waals surface area contributed by atoms with E-state index in [9.17, 15) is 4.39 Å². The molecule has 0 aliphatic rings. The minimum atomic E-state index is -0.250. The molecule has 0 aliphatic heterocycles. The van der Waals surface area contributed by atoms with Gasteiger partial charge in [-0.1, -0.05) is 12.7 Å². The minimum absolute atomic E-state index is 0.250. The number of thiophene rings is 1. The Hall–Kier alpha value is -3.98. The van der Waals surface area contributed by atoms with E-state index in [-0.39, 0.29) is 5.13 Å². The molecule has 0 bridgehead atoms. The molecule has 0 saturated carbocycles. The van der Waals surface area contributed by atoms with Crippen LogP contribution in [0, 0.1) is 5.13 Å². The number of rotatable bonds is 4. The number of imidazole rings is 1. The molecule has 0 unspecified atom stereocenters. The molecule has 5 aromatic rings. The van der Waals surface area contributed by atoms with Gasteiger partial charge in [0.2, 0.25) is 0 Å². The summed E-state index contributed by atoms with van der Waals surface area (Å²) >= 11 is 1.06. The third-order valence-electron chi connectivity index (χ3n) is 4.82. The van der Waals surface area contributed by atoms with Gasteiger partial charge in [0.1, 0.15) is 11.2 Å². The summed E-state index contributed by atoms with van der Waals surface area (Å²) in [6, 6.07) is 3.16. The minimum Gasteiger partial charge on any atom is -0.335 e. The van der Waals surface area contributed by atoms with Crippen molar-refractivity contribution in [1.82, 2.24) is 35.1 Å². The second kappa shape index (κ2) is 7.69. The lowest BCUT2D eigenvalue weighted by atomic mass is 10.2. The van der Waals surface area contributed by atoms with Crippen molar-refractivity contribution in [3.8, 4) is 22.0 Å². The average molecular weight is 429 g/mol. The van der Waals surface area contributed by atoms with E-state index in [2.05, 4.69) is 36.7 Å². The zero-order valence-corrected chi connectivity index (χ0v) is 17.2. The number of H-pyrrole nitrogens is 2.